The Morgan fingerprint density at radius 3 is 2.94 bits per heavy atom. The van der Waals surface area contributed by atoms with Gasteiger partial charge in [0.15, 0.2) is 0 Å². The zero-order chi connectivity index (χ0) is 12.8. The predicted octanol–water partition coefficient (Wildman–Crippen LogP) is 1.24. The third-order valence-electron chi connectivity index (χ3n) is 3.09. The second-order valence-corrected chi connectivity index (χ2v) is 4.60. The normalized spacial score (nSPS) is 21.3. The molecule has 1 fully saturated rings. The van der Waals surface area contributed by atoms with E-state index in [1.165, 1.54) is 0 Å². The number of hydrogen-bond donors (Lipinski definition) is 2. The second-order valence-electron chi connectivity index (χ2n) is 4.60. The van der Waals surface area contributed by atoms with Gasteiger partial charge in [0.1, 0.15) is 0 Å². The molecular weight excluding hydrogens is 228 g/mol. The first kappa shape index (κ1) is 13.1. The van der Waals surface area contributed by atoms with Gasteiger partial charge in [0.25, 0.3) is 0 Å². The smallest absolute Gasteiger partial charge is 0.223 e. The van der Waals surface area contributed by atoms with Crippen molar-refractivity contribution in [1.29, 1.82) is 0 Å². The maximum Gasteiger partial charge on any atom is 0.223 e. The van der Waals surface area contributed by atoms with E-state index in [1.807, 2.05) is 37.3 Å². The Morgan fingerprint density at radius 1 is 1.50 bits per heavy atom. The van der Waals surface area contributed by atoms with Crippen LogP contribution >= 0.6 is 0 Å². The lowest BCUT2D eigenvalue weighted by molar-refractivity contribution is -0.125. The average Bonchev–Trinajstić information content (AvgIpc) is 2.40. The topological polar surface area (TPSA) is 50.4 Å². The average molecular weight is 248 g/mol. The fourth-order valence-electron chi connectivity index (χ4n) is 2.08. The summed E-state index contributed by atoms with van der Waals surface area (Å²) in [4.78, 5) is 11.9. The molecule has 98 valence electrons. The quantitative estimate of drug-likeness (QED) is 0.843. The molecule has 1 heterocycles. The van der Waals surface area contributed by atoms with Crippen molar-refractivity contribution >= 4 is 5.91 Å². The second kappa shape index (κ2) is 6.52. The van der Waals surface area contributed by atoms with Crippen LogP contribution in [-0.2, 0) is 9.53 Å². The number of rotatable bonds is 4. The molecule has 0 radical (unpaired) electrons. The Bertz CT molecular complexity index is 375. The maximum atomic E-state index is 11.9. The third kappa shape index (κ3) is 3.82. The third-order valence-corrected chi connectivity index (χ3v) is 3.09. The highest BCUT2D eigenvalue weighted by Crippen LogP contribution is 2.12. The molecule has 0 spiro atoms. The van der Waals surface area contributed by atoms with Gasteiger partial charge in [-0.1, -0.05) is 30.3 Å². The maximum absolute atomic E-state index is 11.9. The SMILES string of the molecule is C[C@@H](NC(=O)CC1CNCCO1)c1ccccc1. The van der Waals surface area contributed by atoms with Crippen LogP contribution < -0.4 is 10.6 Å². The highest BCUT2D eigenvalue weighted by atomic mass is 16.5. The van der Waals surface area contributed by atoms with Gasteiger partial charge in [-0.15, -0.1) is 0 Å². The van der Waals surface area contributed by atoms with E-state index >= 15 is 0 Å². The molecule has 0 bridgehead atoms. The molecular formula is C14H20N2O2. The Labute approximate surface area is 108 Å². The molecule has 1 unspecified atom stereocenters. The van der Waals surface area contributed by atoms with Gasteiger partial charge in [-0.3, -0.25) is 4.79 Å². The largest absolute Gasteiger partial charge is 0.375 e. The van der Waals surface area contributed by atoms with Crippen molar-refractivity contribution in [3.05, 3.63) is 35.9 Å². The summed E-state index contributed by atoms with van der Waals surface area (Å²) in [6.45, 7) is 4.31. The Kier molecular flexibility index (Phi) is 4.73. The summed E-state index contributed by atoms with van der Waals surface area (Å²) in [5.41, 5.74) is 1.12. The van der Waals surface area contributed by atoms with E-state index < -0.39 is 0 Å². The highest BCUT2D eigenvalue weighted by Gasteiger charge is 2.18. The van der Waals surface area contributed by atoms with Crippen LogP contribution in [0.1, 0.15) is 24.9 Å². The van der Waals surface area contributed by atoms with Crippen LogP contribution in [0.2, 0.25) is 0 Å². The molecule has 0 aromatic heterocycles. The van der Waals surface area contributed by atoms with Gasteiger partial charge in [0.05, 0.1) is 25.2 Å². The van der Waals surface area contributed by atoms with Crippen LogP contribution in [0.25, 0.3) is 0 Å². The van der Waals surface area contributed by atoms with E-state index in [0.29, 0.717) is 13.0 Å². The minimum absolute atomic E-state index is 0.00160. The summed E-state index contributed by atoms with van der Waals surface area (Å²) in [6, 6.07) is 10.0. The molecule has 2 atom stereocenters. The first-order chi connectivity index (χ1) is 8.75. The molecule has 0 aliphatic carbocycles. The minimum atomic E-state index is 0.00160. The molecule has 2 N–H and O–H groups in total. The van der Waals surface area contributed by atoms with Crippen LogP contribution in [0.4, 0.5) is 0 Å². The monoisotopic (exact) mass is 248 g/mol. The molecule has 1 aliphatic heterocycles. The lowest BCUT2D eigenvalue weighted by Gasteiger charge is -2.24. The van der Waals surface area contributed by atoms with Crippen molar-refractivity contribution in [2.24, 2.45) is 0 Å². The summed E-state index contributed by atoms with van der Waals surface area (Å²) in [6.07, 6.45) is 0.422. The summed E-state index contributed by atoms with van der Waals surface area (Å²) >= 11 is 0. The van der Waals surface area contributed by atoms with Crippen molar-refractivity contribution in [2.45, 2.75) is 25.5 Å². The molecule has 1 aromatic carbocycles. The fraction of sp³-hybridized carbons (Fsp3) is 0.500. The fourth-order valence-corrected chi connectivity index (χ4v) is 2.08. The number of carbonyl (C=O) groups is 1. The number of nitrogens with one attached hydrogen (secondary N) is 2. The Balaban J connectivity index is 1.80. The van der Waals surface area contributed by atoms with Gasteiger partial charge in [0, 0.05) is 13.1 Å². The molecule has 1 aliphatic rings. The number of ether oxygens (including phenoxy) is 1. The van der Waals surface area contributed by atoms with Crippen LogP contribution in [-0.4, -0.2) is 31.7 Å². The van der Waals surface area contributed by atoms with Gasteiger partial charge >= 0.3 is 0 Å². The van der Waals surface area contributed by atoms with Crippen molar-refractivity contribution in [1.82, 2.24) is 10.6 Å². The van der Waals surface area contributed by atoms with E-state index in [1.54, 1.807) is 0 Å². The van der Waals surface area contributed by atoms with Gasteiger partial charge in [-0.25, -0.2) is 0 Å². The molecule has 1 aromatic rings. The van der Waals surface area contributed by atoms with E-state index in [4.69, 9.17) is 4.74 Å². The van der Waals surface area contributed by atoms with Crippen LogP contribution in [0, 0.1) is 0 Å². The molecule has 18 heavy (non-hydrogen) atoms. The summed E-state index contributed by atoms with van der Waals surface area (Å²) in [5.74, 6) is 0.0417. The van der Waals surface area contributed by atoms with Crippen molar-refractivity contribution in [2.75, 3.05) is 19.7 Å². The zero-order valence-corrected chi connectivity index (χ0v) is 10.7. The van der Waals surface area contributed by atoms with Crippen LogP contribution in [0.15, 0.2) is 30.3 Å². The predicted molar refractivity (Wildman–Crippen MR) is 70.2 cm³/mol. The molecule has 1 amide bonds. The summed E-state index contributed by atoms with van der Waals surface area (Å²) < 4.78 is 5.51. The number of morpholine rings is 1. The van der Waals surface area contributed by atoms with Crippen molar-refractivity contribution in [3.8, 4) is 0 Å². The first-order valence-electron chi connectivity index (χ1n) is 6.42. The van der Waals surface area contributed by atoms with Crippen LogP contribution in [0.3, 0.4) is 0 Å². The molecule has 2 rings (SSSR count). The summed E-state index contributed by atoms with van der Waals surface area (Å²) in [7, 11) is 0. The highest BCUT2D eigenvalue weighted by molar-refractivity contribution is 5.77. The lowest BCUT2D eigenvalue weighted by Crippen LogP contribution is -2.41. The van der Waals surface area contributed by atoms with E-state index in [-0.39, 0.29) is 18.1 Å². The summed E-state index contributed by atoms with van der Waals surface area (Å²) in [5, 5.41) is 6.22. The van der Waals surface area contributed by atoms with Gasteiger partial charge < -0.3 is 15.4 Å². The van der Waals surface area contributed by atoms with Gasteiger partial charge in [-0.05, 0) is 12.5 Å². The Hall–Kier alpha value is -1.39. The van der Waals surface area contributed by atoms with Gasteiger partial charge in [0.2, 0.25) is 5.91 Å². The number of hydrogen-bond acceptors (Lipinski definition) is 3. The van der Waals surface area contributed by atoms with E-state index in [2.05, 4.69) is 10.6 Å². The van der Waals surface area contributed by atoms with E-state index in [9.17, 15) is 4.79 Å². The Morgan fingerprint density at radius 2 is 2.28 bits per heavy atom. The molecule has 0 saturated carbocycles. The van der Waals surface area contributed by atoms with E-state index in [0.717, 1.165) is 18.7 Å². The van der Waals surface area contributed by atoms with Gasteiger partial charge in [-0.2, -0.15) is 0 Å². The first-order valence-corrected chi connectivity index (χ1v) is 6.42. The number of benzene rings is 1. The minimum Gasteiger partial charge on any atom is -0.375 e. The molecule has 4 heteroatoms. The van der Waals surface area contributed by atoms with Crippen molar-refractivity contribution < 1.29 is 9.53 Å². The molecule has 4 nitrogen and oxygen atoms in total. The molecule has 1 saturated heterocycles. The van der Waals surface area contributed by atoms with Crippen LogP contribution in [0.5, 0.6) is 0 Å². The number of carbonyl (C=O) groups excluding carboxylic acids is 1. The zero-order valence-electron chi connectivity index (χ0n) is 10.7. The lowest BCUT2D eigenvalue weighted by atomic mass is 10.1. The number of amides is 1. The standard InChI is InChI=1S/C14H20N2O2/c1-11(12-5-3-2-4-6-12)16-14(17)9-13-10-15-7-8-18-13/h2-6,11,13,15H,7-10H2,1H3,(H,16,17)/t11-,13?/m1/s1. The van der Waals surface area contributed by atoms with Crippen molar-refractivity contribution in [3.63, 3.8) is 0 Å².